The second-order valence-electron chi connectivity index (χ2n) is 7.58. The van der Waals surface area contributed by atoms with Crippen LogP contribution in [0.5, 0.6) is 5.75 Å². The Morgan fingerprint density at radius 2 is 1.40 bits per heavy atom. The summed E-state index contributed by atoms with van der Waals surface area (Å²) in [6.45, 7) is 12.5. The van der Waals surface area contributed by atoms with Gasteiger partial charge in [0, 0.05) is 12.6 Å². The van der Waals surface area contributed by atoms with Crippen LogP contribution in [0, 0.1) is 0 Å². The molecule has 0 heterocycles. The molecule has 1 rings (SSSR count). The highest BCUT2D eigenvalue weighted by atomic mass is 16.3. The minimum absolute atomic E-state index is 0.0672. The van der Waals surface area contributed by atoms with E-state index >= 15 is 0 Å². The third kappa shape index (κ3) is 3.74. The molecule has 0 saturated heterocycles. The van der Waals surface area contributed by atoms with Crippen molar-refractivity contribution in [3.05, 3.63) is 28.8 Å². The van der Waals surface area contributed by atoms with E-state index in [2.05, 4.69) is 41.5 Å². The van der Waals surface area contributed by atoms with Crippen molar-refractivity contribution in [1.29, 1.82) is 0 Å². The molecular formula is C17H29NO2. The summed E-state index contributed by atoms with van der Waals surface area (Å²) >= 11 is 0. The maximum Gasteiger partial charge on any atom is 0.123 e. The fraction of sp³-hybridized carbons (Fsp3) is 0.647. The summed E-state index contributed by atoms with van der Waals surface area (Å²) in [5, 5.41) is 19.7. The number of aliphatic hydroxyl groups is 1. The van der Waals surface area contributed by atoms with Gasteiger partial charge in [-0.15, -0.1) is 0 Å². The van der Waals surface area contributed by atoms with Gasteiger partial charge in [0.1, 0.15) is 5.75 Å². The molecule has 1 aromatic carbocycles. The normalized spacial score (nSPS) is 14.4. The van der Waals surface area contributed by atoms with Gasteiger partial charge in [0.2, 0.25) is 0 Å². The molecule has 3 heteroatoms. The largest absolute Gasteiger partial charge is 0.507 e. The summed E-state index contributed by atoms with van der Waals surface area (Å²) in [6.07, 6.45) is 0.526. The Morgan fingerprint density at radius 1 is 1.00 bits per heavy atom. The lowest BCUT2D eigenvalue weighted by Crippen LogP contribution is -2.20. The molecular weight excluding hydrogens is 250 g/mol. The number of hydrogen-bond donors (Lipinski definition) is 3. The molecule has 1 aromatic rings. The van der Waals surface area contributed by atoms with E-state index in [0.717, 1.165) is 16.7 Å². The Hall–Kier alpha value is -1.06. The van der Waals surface area contributed by atoms with Crippen LogP contribution in [0.25, 0.3) is 0 Å². The smallest absolute Gasteiger partial charge is 0.123 e. The number of hydrogen-bond acceptors (Lipinski definition) is 3. The van der Waals surface area contributed by atoms with Gasteiger partial charge in [-0.3, -0.25) is 0 Å². The predicted molar refractivity (Wildman–Crippen MR) is 84.1 cm³/mol. The Balaban J connectivity index is 3.50. The second kappa shape index (κ2) is 5.74. The van der Waals surface area contributed by atoms with Gasteiger partial charge in [-0.1, -0.05) is 53.7 Å². The van der Waals surface area contributed by atoms with Crippen LogP contribution in [0.4, 0.5) is 0 Å². The first-order chi connectivity index (χ1) is 8.98. The van der Waals surface area contributed by atoms with Crippen LogP contribution in [0.3, 0.4) is 0 Å². The summed E-state index contributed by atoms with van der Waals surface area (Å²) in [5.41, 5.74) is 8.63. The molecule has 0 fully saturated rings. The molecule has 0 amide bonds. The van der Waals surface area contributed by atoms with Crippen molar-refractivity contribution in [3.63, 3.8) is 0 Å². The van der Waals surface area contributed by atoms with Gasteiger partial charge >= 0.3 is 0 Å². The molecule has 0 aliphatic heterocycles. The minimum Gasteiger partial charge on any atom is -0.507 e. The molecule has 0 spiro atoms. The molecule has 3 nitrogen and oxygen atoms in total. The van der Waals surface area contributed by atoms with E-state index in [1.165, 1.54) is 0 Å². The van der Waals surface area contributed by atoms with Crippen molar-refractivity contribution < 1.29 is 10.2 Å². The van der Waals surface area contributed by atoms with E-state index in [4.69, 9.17) is 10.8 Å². The highest BCUT2D eigenvalue weighted by Gasteiger charge is 2.27. The van der Waals surface area contributed by atoms with E-state index in [1.807, 2.05) is 12.1 Å². The molecule has 1 atom stereocenters. The summed E-state index contributed by atoms with van der Waals surface area (Å²) in [4.78, 5) is 0. The molecule has 0 saturated carbocycles. The Labute approximate surface area is 122 Å². The maximum absolute atomic E-state index is 10.6. The van der Waals surface area contributed by atoms with Crippen molar-refractivity contribution >= 4 is 0 Å². The number of phenolic OH excluding ortho intramolecular Hbond substituents is 1. The lowest BCUT2D eigenvalue weighted by atomic mass is 9.77. The highest BCUT2D eigenvalue weighted by Crippen LogP contribution is 2.40. The van der Waals surface area contributed by atoms with Gasteiger partial charge in [0.15, 0.2) is 0 Å². The molecule has 114 valence electrons. The Bertz CT molecular complexity index is 432. The van der Waals surface area contributed by atoms with Crippen molar-refractivity contribution in [2.24, 2.45) is 5.73 Å². The van der Waals surface area contributed by atoms with Crippen LogP contribution in [-0.4, -0.2) is 16.8 Å². The first-order valence-corrected chi connectivity index (χ1v) is 7.22. The van der Waals surface area contributed by atoms with Crippen LogP contribution in [-0.2, 0) is 10.8 Å². The van der Waals surface area contributed by atoms with Crippen LogP contribution < -0.4 is 5.73 Å². The lowest BCUT2D eigenvalue weighted by Gasteiger charge is -2.29. The summed E-state index contributed by atoms with van der Waals surface area (Å²) in [6, 6.07) is 3.75. The van der Waals surface area contributed by atoms with Crippen LogP contribution >= 0.6 is 0 Å². The van der Waals surface area contributed by atoms with Gasteiger partial charge in [-0.05, 0) is 33.9 Å². The van der Waals surface area contributed by atoms with Gasteiger partial charge in [-0.2, -0.15) is 0 Å². The molecule has 0 bridgehead atoms. The molecule has 0 radical (unpaired) electrons. The third-order valence-corrected chi connectivity index (χ3v) is 3.62. The van der Waals surface area contributed by atoms with Crippen molar-refractivity contribution in [1.82, 2.24) is 0 Å². The van der Waals surface area contributed by atoms with Crippen LogP contribution in [0.1, 0.15) is 70.7 Å². The minimum atomic E-state index is -0.206. The quantitative estimate of drug-likeness (QED) is 0.794. The number of rotatable bonds is 3. The fourth-order valence-corrected chi connectivity index (χ4v) is 2.32. The zero-order valence-electron chi connectivity index (χ0n) is 13.6. The molecule has 20 heavy (non-hydrogen) atoms. The standard InChI is InChI=1S/C17H29NO2/c1-16(2,3)12-9-11(14(18)7-8-19)10-13(15(12)20)17(4,5)6/h9-10,14,19-20H,7-8,18H2,1-6H3. The monoisotopic (exact) mass is 279 g/mol. The predicted octanol–water partition coefficient (Wildman–Crippen LogP) is 3.37. The first-order valence-electron chi connectivity index (χ1n) is 7.22. The summed E-state index contributed by atoms with van der Waals surface area (Å²) < 4.78 is 0. The number of aromatic hydroxyl groups is 1. The average molecular weight is 279 g/mol. The Kier molecular flexibility index (Phi) is 4.88. The molecule has 0 aliphatic carbocycles. The van der Waals surface area contributed by atoms with Crippen molar-refractivity contribution in [3.8, 4) is 5.75 Å². The van der Waals surface area contributed by atoms with E-state index in [9.17, 15) is 5.11 Å². The number of benzene rings is 1. The SMILES string of the molecule is CC(C)(C)c1cc(C(N)CCO)cc(C(C)(C)C)c1O. The van der Waals surface area contributed by atoms with E-state index in [0.29, 0.717) is 12.2 Å². The number of nitrogens with two attached hydrogens (primary N) is 1. The summed E-state index contributed by atoms with van der Waals surface area (Å²) in [7, 11) is 0. The first kappa shape index (κ1) is 17.0. The lowest BCUT2D eigenvalue weighted by molar-refractivity contribution is 0.276. The molecule has 0 aromatic heterocycles. The number of phenols is 1. The molecule has 1 unspecified atom stereocenters. The molecule has 4 N–H and O–H groups in total. The number of aliphatic hydroxyl groups excluding tert-OH is 1. The van der Waals surface area contributed by atoms with Crippen LogP contribution in [0.2, 0.25) is 0 Å². The highest BCUT2D eigenvalue weighted by molar-refractivity contribution is 5.50. The van der Waals surface area contributed by atoms with E-state index in [-0.39, 0.29) is 23.5 Å². The Morgan fingerprint density at radius 3 is 1.70 bits per heavy atom. The average Bonchev–Trinajstić information content (AvgIpc) is 2.26. The second-order valence-corrected chi connectivity index (χ2v) is 7.58. The van der Waals surface area contributed by atoms with E-state index in [1.54, 1.807) is 0 Å². The van der Waals surface area contributed by atoms with Gasteiger partial charge in [0.05, 0.1) is 0 Å². The zero-order valence-corrected chi connectivity index (χ0v) is 13.6. The van der Waals surface area contributed by atoms with Gasteiger partial charge in [-0.25, -0.2) is 0 Å². The van der Waals surface area contributed by atoms with Crippen molar-refractivity contribution in [2.45, 2.75) is 64.8 Å². The van der Waals surface area contributed by atoms with Gasteiger partial charge < -0.3 is 15.9 Å². The zero-order chi connectivity index (χ0) is 15.7. The fourth-order valence-electron chi connectivity index (χ4n) is 2.32. The topological polar surface area (TPSA) is 66.5 Å². The van der Waals surface area contributed by atoms with Crippen molar-refractivity contribution in [2.75, 3.05) is 6.61 Å². The van der Waals surface area contributed by atoms with E-state index < -0.39 is 0 Å². The maximum atomic E-state index is 10.6. The molecule has 0 aliphatic rings. The van der Waals surface area contributed by atoms with Crippen LogP contribution in [0.15, 0.2) is 12.1 Å². The van der Waals surface area contributed by atoms with Gasteiger partial charge in [0.25, 0.3) is 0 Å². The third-order valence-electron chi connectivity index (χ3n) is 3.62. The summed E-state index contributed by atoms with van der Waals surface area (Å²) in [5.74, 6) is 0.366.